The van der Waals surface area contributed by atoms with E-state index in [9.17, 15) is 0 Å². The minimum absolute atomic E-state index is 0. The Kier molecular flexibility index (Phi) is 12.7. The maximum atomic E-state index is 2.20. The maximum absolute atomic E-state index is 2.20. The molecule has 0 heterocycles. The molecule has 0 saturated carbocycles. The smallest absolute Gasteiger partial charge is 0.165 e. The molecule has 0 bridgehead atoms. The average Bonchev–Trinajstić information content (AvgIpc) is 3.08. The van der Waals surface area contributed by atoms with Crippen LogP contribution in [0.15, 0.2) is 72.8 Å². The van der Waals surface area contributed by atoms with E-state index in [0.29, 0.717) is 0 Å². The van der Waals surface area contributed by atoms with Gasteiger partial charge in [0, 0.05) is 35.7 Å². The zero-order valence-corrected chi connectivity index (χ0v) is 21.3. The van der Waals surface area contributed by atoms with E-state index >= 15 is 0 Å². The van der Waals surface area contributed by atoms with E-state index in [-0.39, 0.29) is 52.4 Å². The third-order valence-electron chi connectivity index (χ3n) is 3.52. The summed E-state index contributed by atoms with van der Waals surface area (Å²) in [6, 6.07) is 25.7. The largest absolute Gasteiger partial charge is 2.00 e. The predicted octanol–water partition coefficient (Wildman–Crippen LogP) is 6.52. The van der Waals surface area contributed by atoms with Crippen LogP contribution < -0.4 is 0 Å². The first-order valence-electron chi connectivity index (χ1n) is 7.96. The summed E-state index contributed by atoms with van der Waals surface area (Å²) in [5.41, 5.74) is 2.70. The van der Waals surface area contributed by atoms with Crippen molar-refractivity contribution in [1.29, 1.82) is 0 Å². The normalized spacial score (nSPS) is 9.12. The van der Waals surface area contributed by atoms with Gasteiger partial charge in [-0.3, -0.25) is 0 Å². The van der Waals surface area contributed by atoms with Crippen molar-refractivity contribution in [2.75, 3.05) is 0 Å². The number of hydrogen-bond acceptors (Lipinski definition) is 0. The summed E-state index contributed by atoms with van der Waals surface area (Å²) in [6.07, 6.45) is 0. The molecule has 0 spiro atoms. The van der Waals surface area contributed by atoms with Gasteiger partial charge in [-0.25, -0.2) is 0 Å². The molecule has 2 radical (unpaired) electrons. The number of fused-ring (bicyclic) bond motifs is 2. The van der Waals surface area contributed by atoms with Crippen molar-refractivity contribution >= 4 is 31.1 Å². The van der Waals surface area contributed by atoms with Crippen molar-refractivity contribution in [2.45, 2.75) is 26.9 Å². The zero-order valence-electron chi connectivity index (χ0n) is 15.4. The first kappa shape index (κ1) is 24.6. The Hall–Kier alpha value is -0.357. The summed E-state index contributed by atoms with van der Waals surface area (Å²) in [4.78, 5) is 0. The Morgan fingerprint density at radius 3 is 1.32 bits per heavy atom. The van der Waals surface area contributed by atoms with Crippen molar-refractivity contribution < 1.29 is 52.4 Å². The van der Waals surface area contributed by atoms with Gasteiger partial charge in [-0.05, 0) is 0 Å². The van der Waals surface area contributed by atoms with Gasteiger partial charge in [-0.15, -0.1) is 81.2 Å². The van der Waals surface area contributed by atoms with Gasteiger partial charge in [0.2, 0.25) is 0 Å². The Balaban J connectivity index is 0.000000374. The molecule has 0 fully saturated rings. The summed E-state index contributed by atoms with van der Waals surface area (Å²) >= 11 is 0. The molecule has 0 aliphatic heterocycles. The molecule has 0 nitrogen and oxygen atoms in total. The molecule has 0 amide bonds. The second kappa shape index (κ2) is 12.9. The quantitative estimate of drug-likeness (QED) is 0.191. The Bertz CT molecular complexity index is 720. The average molecular weight is 499 g/mol. The fourth-order valence-electron chi connectivity index (χ4n) is 2.61. The number of rotatable bonds is 0. The molecule has 0 aliphatic rings. The van der Waals surface area contributed by atoms with Gasteiger partial charge in [0.15, 0.2) is 0 Å². The molecule has 0 saturated heterocycles. The van der Waals surface area contributed by atoms with Gasteiger partial charge in [0.05, 0.1) is 0 Å². The molecular weight excluding hydrogens is 475 g/mol. The second-order valence-corrected chi connectivity index (χ2v) is 6.82. The van der Waals surface area contributed by atoms with E-state index in [1.807, 2.05) is 0 Å². The van der Waals surface area contributed by atoms with Gasteiger partial charge in [-0.1, -0.05) is 39.1 Å². The molecule has 0 N–H and O–H groups in total. The molecule has 0 aromatic heterocycles. The molecule has 0 unspecified atom stereocenters. The molecule has 124 valence electrons. The van der Waals surface area contributed by atoms with Crippen LogP contribution in [0.3, 0.4) is 0 Å². The number of hydrogen-bond donors (Lipinski definition) is 0. The summed E-state index contributed by atoms with van der Waals surface area (Å²) in [7, 11) is 1.08. The first-order chi connectivity index (χ1) is 11.1. The topological polar surface area (TPSA) is 0 Å². The molecule has 4 rings (SSSR count). The minimum atomic E-state index is 0. The Morgan fingerprint density at radius 2 is 1.00 bits per heavy atom. The number of benzene rings is 2. The predicted molar refractivity (Wildman–Crippen MR) is 106 cm³/mol. The van der Waals surface area contributed by atoms with Crippen LogP contribution in [0.25, 0.3) is 21.5 Å². The Labute approximate surface area is 192 Å². The van der Waals surface area contributed by atoms with Crippen LogP contribution in [0, 0.1) is 13.8 Å². The third kappa shape index (κ3) is 7.82. The van der Waals surface area contributed by atoms with E-state index in [0.717, 1.165) is 9.52 Å². The van der Waals surface area contributed by atoms with Crippen molar-refractivity contribution in [3.63, 3.8) is 0 Å². The minimum Gasteiger partial charge on any atom is -0.165 e. The molecular formula is C22H24SiZr2. The van der Waals surface area contributed by atoms with Crippen molar-refractivity contribution in [3.8, 4) is 0 Å². The zero-order chi connectivity index (χ0) is 16.7. The molecule has 4 aromatic carbocycles. The maximum Gasteiger partial charge on any atom is 2.00 e. The molecule has 0 aliphatic carbocycles. The van der Waals surface area contributed by atoms with Gasteiger partial charge >= 0.3 is 26.2 Å². The molecule has 0 atom stereocenters. The van der Waals surface area contributed by atoms with Gasteiger partial charge in [0.25, 0.3) is 0 Å². The molecule has 4 aromatic rings. The summed E-state index contributed by atoms with van der Waals surface area (Å²) in [6.45, 7) is 8.56. The molecule has 3 heteroatoms. The van der Waals surface area contributed by atoms with Crippen LogP contribution in [-0.4, -0.2) is 9.52 Å². The number of aryl methyl sites for hydroxylation is 2. The summed E-state index contributed by atoms with van der Waals surface area (Å²) in [5, 5.41) is 5.39. The van der Waals surface area contributed by atoms with Crippen molar-refractivity contribution in [1.82, 2.24) is 0 Å². The van der Waals surface area contributed by atoms with E-state index in [1.54, 1.807) is 0 Å². The van der Waals surface area contributed by atoms with Crippen LogP contribution in [0.5, 0.6) is 0 Å². The van der Waals surface area contributed by atoms with Crippen LogP contribution in [-0.2, 0) is 52.4 Å². The van der Waals surface area contributed by atoms with Crippen LogP contribution in [0.2, 0.25) is 13.1 Å². The second-order valence-electron chi connectivity index (χ2n) is 5.82. The van der Waals surface area contributed by atoms with E-state index in [2.05, 4.69) is 99.7 Å². The summed E-state index contributed by atoms with van der Waals surface area (Å²) in [5.74, 6) is 0. The van der Waals surface area contributed by atoms with Crippen LogP contribution in [0.4, 0.5) is 0 Å². The summed E-state index contributed by atoms with van der Waals surface area (Å²) < 4.78 is 0. The van der Waals surface area contributed by atoms with Gasteiger partial charge < -0.3 is 0 Å². The van der Waals surface area contributed by atoms with Gasteiger partial charge in [0.1, 0.15) is 0 Å². The first-order valence-corrected chi connectivity index (χ1v) is 9.96. The monoisotopic (exact) mass is 496 g/mol. The fraction of sp³-hybridized carbons (Fsp3) is 0.182. The third-order valence-corrected chi connectivity index (χ3v) is 3.52. The molecule has 25 heavy (non-hydrogen) atoms. The van der Waals surface area contributed by atoms with Crippen molar-refractivity contribution in [2.24, 2.45) is 0 Å². The Morgan fingerprint density at radius 1 is 0.680 bits per heavy atom. The van der Waals surface area contributed by atoms with Crippen LogP contribution >= 0.6 is 0 Å². The van der Waals surface area contributed by atoms with E-state index in [1.165, 1.54) is 32.7 Å². The standard InChI is InChI=1S/2C10H9.C2H6Si.2Zr/c2*1-8-6-9-4-2-3-5-10(9)7-8;1-3-2;;/h2*2-7H,1H3;1-2H3;;/q2*-1;;;+2. The van der Waals surface area contributed by atoms with E-state index in [4.69, 9.17) is 0 Å². The fourth-order valence-corrected chi connectivity index (χ4v) is 2.61. The van der Waals surface area contributed by atoms with E-state index < -0.39 is 0 Å². The van der Waals surface area contributed by atoms with Crippen molar-refractivity contribution in [3.05, 3.63) is 83.9 Å². The SMILES string of the molecule is C[Si]C.Cc1cc2ccccc2[cH-]1.Cc1cc2ccccc2[cH-]1.[Zr+2].[Zr]. The van der Waals surface area contributed by atoms with Gasteiger partial charge in [-0.2, -0.15) is 12.1 Å². The van der Waals surface area contributed by atoms with Crippen LogP contribution in [0.1, 0.15) is 11.1 Å².